The second kappa shape index (κ2) is 6.26. The number of nitrogens with zero attached hydrogens (tertiary/aromatic N) is 3. The number of anilines is 1. The van der Waals surface area contributed by atoms with Crippen LogP contribution in [0.4, 0.5) is 10.7 Å². The van der Waals surface area contributed by atoms with Gasteiger partial charge in [-0.15, -0.1) is 0 Å². The molecule has 21 heavy (non-hydrogen) atoms. The van der Waals surface area contributed by atoms with Crippen LogP contribution in [0.2, 0.25) is 0 Å². The predicted octanol–water partition coefficient (Wildman–Crippen LogP) is 0.663. The molecule has 1 aliphatic carbocycles. The van der Waals surface area contributed by atoms with Crippen molar-refractivity contribution >= 4 is 12.0 Å². The minimum atomic E-state index is -0.385. The first-order valence-corrected chi connectivity index (χ1v) is 7.38. The molecule has 3 rings (SSSR count). The van der Waals surface area contributed by atoms with Crippen molar-refractivity contribution in [3.8, 4) is 0 Å². The quantitative estimate of drug-likeness (QED) is 0.830. The summed E-state index contributed by atoms with van der Waals surface area (Å²) in [6, 6.07) is 0.783. The van der Waals surface area contributed by atoms with Crippen LogP contribution in [0.15, 0.2) is 12.4 Å². The van der Waals surface area contributed by atoms with Gasteiger partial charge in [-0.05, 0) is 19.3 Å². The van der Waals surface area contributed by atoms with Crippen LogP contribution in [0.1, 0.15) is 24.8 Å². The van der Waals surface area contributed by atoms with Gasteiger partial charge in [-0.1, -0.05) is 0 Å². The van der Waals surface area contributed by atoms with Gasteiger partial charge in [0.25, 0.3) is 0 Å². The number of carbonyl (C=O) groups is 1. The molecule has 0 radical (unpaired) electrons. The molecule has 1 aliphatic heterocycles. The molecule has 2 aliphatic rings. The summed E-state index contributed by atoms with van der Waals surface area (Å²) in [6.45, 7) is 2.39. The Morgan fingerprint density at radius 2 is 2.10 bits per heavy atom. The van der Waals surface area contributed by atoms with Gasteiger partial charge in [-0.3, -0.25) is 0 Å². The molecular weight excluding hydrogens is 270 g/mol. The summed E-state index contributed by atoms with van der Waals surface area (Å²) < 4.78 is 4.61. The third-order valence-corrected chi connectivity index (χ3v) is 3.84. The number of methoxy groups -OCH3 is 1. The molecule has 1 unspecified atom stereocenters. The van der Waals surface area contributed by atoms with Crippen LogP contribution in [-0.4, -0.2) is 48.3 Å². The lowest BCUT2D eigenvalue weighted by Gasteiger charge is -2.16. The Labute approximate surface area is 124 Å². The number of amides is 1. The SMILES string of the molecule is COC(=O)NC1CCN(c2ncc(CNC3CC3)cn2)C1. The maximum absolute atomic E-state index is 11.2. The minimum absolute atomic E-state index is 0.0947. The molecule has 7 nitrogen and oxygen atoms in total. The number of aromatic nitrogens is 2. The summed E-state index contributed by atoms with van der Waals surface area (Å²) in [4.78, 5) is 22.1. The van der Waals surface area contributed by atoms with Crippen LogP contribution in [0.5, 0.6) is 0 Å². The Kier molecular flexibility index (Phi) is 4.19. The molecule has 2 heterocycles. The fraction of sp³-hybridized carbons (Fsp3) is 0.643. The number of hydrogen-bond donors (Lipinski definition) is 2. The first-order chi connectivity index (χ1) is 10.2. The molecular formula is C14H21N5O2. The van der Waals surface area contributed by atoms with Gasteiger partial charge >= 0.3 is 6.09 Å². The maximum atomic E-state index is 11.2. The summed E-state index contributed by atoms with van der Waals surface area (Å²) in [5.41, 5.74) is 1.11. The van der Waals surface area contributed by atoms with Crippen molar-refractivity contribution < 1.29 is 9.53 Å². The Morgan fingerprint density at radius 1 is 1.33 bits per heavy atom. The molecule has 1 atom stereocenters. The summed E-state index contributed by atoms with van der Waals surface area (Å²) in [7, 11) is 1.37. The Morgan fingerprint density at radius 3 is 2.76 bits per heavy atom. The molecule has 114 valence electrons. The normalized spacial score (nSPS) is 21.4. The summed E-state index contributed by atoms with van der Waals surface area (Å²) in [5, 5.41) is 6.25. The highest BCUT2D eigenvalue weighted by molar-refractivity contribution is 5.67. The molecule has 0 spiro atoms. The zero-order chi connectivity index (χ0) is 14.7. The zero-order valence-electron chi connectivity index (χ0n) is 12.2. The molecule has 2 N–H and O–H groups in total. The first kappa shape index (κ1) is 14.1. The number of rotatable bonds is 5. The van der Waals surface area contributed by atoms with Crippen molar-refractivity contribution in [3.63, 3.8) is 0 Å². The molecule has 1 aromatic rings. The van der Waals surface area contributed by atoms with E-state index in [0.717, 1.165) is 37.6 Å². The topological polar surface area (TPSA) is 79.4 Å². The number of nitrogens with one attached hydrogen (secondary N) is 2. The van der Waals surface area contributed by atoms with E-state index in [1.807, 2.05) is 12.4 Å². The highest BCUT2D eigenvalue weighted by Gasteiger charge is 2.26. The van der Waals surface area contributed by atoms with Crippen LogP contribution >= 0.6 is 0 Å². The fourth-order valence-electron chi connectivity index (χ4n) is 2.44. The average Bonchev–Trinajstić information content (AvgIpc) is 3.23. The predicted molar refractivity (Wildman–Crippen MR) is 78.1 cm³/mol. The largest absolute Gasteiger partial charge is 0.453 e. The minimum Gasteiger partial charge on any atom is -0.453 e. The van der Waals surface area contributed by atoms with Crippen molar-refractivity contribution in [2.24, 2.45) is 0 Å². The first-order valence-electron chi connectivity index (χ1n) is 7.38. The van der Waals surface area contributed by atoms with Crippen molar-refractivity contribution in [1.82, 2.24) is 20.6 Å². The van der Waals surface area contributed by atoms with Gasteiger partial charge in [0.2, 0.25) is 5.95 Å². The average molecular weight is 291 g/mol. The Bertz CT molecular complexity index is 489. The lowest BCUT2D eigenvalue weighted by Crippen LogP contribution is -2.37. The highest BCUT2D eigenvalue weighted by atomic mass is 16.5. The number of ether oxygens (including phenoxy) is 1. The van der Waals surface area contributed by atoms with E-state index in [2.05, 4.69) is 30.2 Å². The van der Waals surface area contributed by atoms with E-state index in [1.165, 1.54) is 20.0 Å². The van der Waals surface area contributed by atoms with Crippen LogP contribution in [0, 0.1) is 0 Å². The zero-order valence-corrected chi connectivity index (χ0v) is 12.2. The van der Waals surface area contributed by atoms with Crippen LogP contribution < -0.4 is 15.5 Å². The van der Waals surface area contributed by atoms with E-state index in [-0.39, 0.29) is 12.1 Å². The molecule has 1 aromatic heterocycles. The molecule has 1 saturated heterocycles. The number of hydrogen-bond acceptors (Lipinski definition) is 6. The summed E-state index contributed by atoms with van der Waals surface area (Å²) in [5.74, 6) is 0.722. The summed E-state index contributed by atoms with van der Waals surface area (Å²) >= 11 is 0. The Balaban J connectivity index is 1.51. The second-order valence-electron chi connectivity index (χ2n) is 5.61. The van der Waals surface area contributed by atoms with E-state index in [9.17, 15) is 4.79 Å². The molecule has 0 bridgehead atoms. The van der Waals surface area contributed by atoms with Crippen molar-refractivity contribution in [3.05, 3.63) is 18.0 Å². The van der Waals surface area contributed by atoms with Crippen molar-refractivity contribution in [2.75, 3.05) is 25.1 Å². The number of carbonyl (C=O) groups excluding carboxylic acids is 1. The molecule has 7 heteroatoms. The van der Waals surface area contributed by atoms with Crippen LogP contribution in [-0.2, 0) is 11.3 Å². The second-order valence-corrected chi connectivity index (χ2v) is 5.61. The van der Waals surface area contributed by atoms with E-state index < -0.39 is 0 Å². The molecule has 1 amide bonds. The van der Waals surface area contributed by atoms with Gasteiger partial charge in [-0.2, -0.15) is 0 Å². The van der Waals surface area contributed by atoms with Crippen molar-refractivity contribution in [2.45, 2.75) is 37.9 Å². The third-order valence-electron chi connectivity index (χ3n) is 3.84. The highest BCUT2D eigenvalue weighted by Crippen LogP contribution is 2.19. The molecule has 0 aromatic carbocycles. The standard InChI is InChI=1S/C14H21N5O2/c1-21-14(20)18-12-4-5-19(9-12)13-16-7-10(8-17-13)6-15-11-2-3-11/h7-8,11-12,15H,2-6,9H2,1H3,(H,18,20). The maximum Gasteiger partial charge on any atom is 0.407 e. The lowest BCUT2D eigenvalue weighted by molar-refractivity contribution is 0.167. The van der Waals surface area contributed by atoms with E-state index >= 15 is 0 Å². The monoisotopic (exact) mass is 291 g/mol. The molecule has 2 fully saturated rings. The van der Waals surface area contributed by atoms with E-state index in [4.69, 9.17) is 0 Å². The van der Waals surface area contributed by atoms with Gasteiger partial charge in [-0.25, -0.2) is 14.8 Å². The third kappa shape index (κ3) is 3.81. The van der Waals surface area contributed by atoms with Gasteiger partial charge in [0, 0.05) is 43.6 Å². The van der Waals surface area contributed by atoms with Crippen LogP contribution in [0.25, 0.3) is 0 Å². The van der Waals surface area contributed by atoms with Gasteiger partial charge < -0.3 is 20.3 Å². The fourth-order valence-corrected chi connectivity index (χ4v) is 2.44. The summed E-state index contributed by atoms with van der Waals surface area (Å²) in [6.07, 6.45) is 6.80. The van der Waals surface area contributed by atoms with E-state index in [1.54, 1.807) is 0 Å². The van der Waals surface area contributed by atoms with Gasteiger partial charge in [0.1, 0.15) is 0 Å². The van der Waals surface area contributed by atoms with E-state index in [0.29, 0.717) is 6.04 Å². The van der Waals surface area contributed by atoms with Gasteiger partial charge in [0.15, 0.2) is 0 Å². The number of alkyl carbamates (subject to hydrolysis) is 1. The van der Waals surface area contributed by atoms with Crippen LogP contribution in [0.3, 0.4) is 0 Å². The van der Waals surface area contributed by atoms with Crippen molar-refractivity contribution in [1.29, 1.82) is 0 Å². The van der Waals surface area contributed by atoms with Gasteiger partial charge in [0.05, 0.1) is 13.2 Å². The Hall–Kier alpha value is -1.89. The smallest absolute Gasteiger partial charge is 0.407 e. The molecule has 1 saturated carbocycles. The lowest BCUT2D eigenvalue weighted by atomic mass is 10.3.